The zero-order valence-electron chi connectivity index (χ0n) is 17.2. The van der Waals surface area contributed by atoms with E-state index >= 15 is 0 Å². The van der Waals surface area contributed by atoms with Gasteiger partial charge in [0.05, 0.1) is 6.54 Å². The number of rotatable bonds is 9. The average Bonchev–Trinajstić information content (AvgIpc) is 2.68. The van der Waals surface area contributed by atoms with Gasteiger partial charge in [0.15, 0.2) is 5.96 Å². The first-order valence-corrected chi connectivity index (χ1v) is 9.75. The Morgan fingerprint density at radius 1 is 1.17 bits per heavy atom. The molecule has 0 fully saturated rings. The summed E-state index contributed by atoms with van der Waals surface area (Å²) in [7, 11) is 1.69. The smallest absolute Gasteiger partial charge is 0.224 e. The molecule has 0 aliphatic heterocycles. The number of hydrogen-bond donors (Lipinski definition) is 3. The molecule has 0 spiro atoms. The van der Waals surface area contributed by atoms with E-state index in [4.69, 9.17) is 4.74 Å². The molecular formula is C22H29FN4O2. The lowest BCUT2D eigenvalue weighted by atomic mass is 10.2. The van der Waals surface area contributed by atoms with Crippen LogP contribution in [0.15, 0.2) is 53.5 Å². The van der Waals surface area contributed by atoms with E-state index in [0.717, 1.165) is 17.7 Å². The van der Waals surface area contributed by atoms with E-state index in [1.165, 1.54) is 12.1 Å². The summed E-state index contributed by atoms with van der Waals surface area (Å²) < 4.78 is 18.9. The summed E-state index contributed by atoms with van der Waals surface area (Å²) >= 11 is 0. The molecule has 1 amide bonds. The summed E-state index contributed by atoms with van der Waals surface area (Å²) in [5.41, 5.74) is 1.80. The van der Waals surface area contributed by atoms with E-state index in [1.54, 1.807) is 19.2 Å². The van der Waals surface area contributed by atoms with Gasteiger partial charge in [0.2, 0.25) is 5.91 Å². The third kappa shape index (κ3) is 8.21. The van der Waals surface area contributed by atoms with Crippen LogP contribution in [-0.2, 0) is 11.3 Å². The van der Waals surface area contributed by atoms with E-state index in [1.807, 2.05) is 38.1 Å². The Morgan fingerprint density at radius 3 is 2.69 bits per heavy atom. The number of nitrogens with zero attached hydrogens (tertiary/aromatic N) is 1. The Balaban J connectivity index is 1.80. The Kier molecular flexibility index (Phi) is 8.95. The van der Waals surface area contributed by atoms with Crippen molar-refractivity contribution < 1.29 is 13.9 Å². The summed E-state index contributed by atoms with van der Waals surface area (Å²) in [4.78, 5) is 15.9. The quantitative estimate of drug-likeness (QED) is 0.443. The van der Waals surface area contributed by atoms with Gasteiger partial charge in [-0.25, -0.2) is 4.39 Å². The summed E-state index contributed by atoms with van der Waals surface area (Å²) in [6.07, 6.45) is 1.15. The summed E-state index contributed by atoms with van der Waals surface area (Å²) in [6.45, 7) is 4.93. The lowest BCUT2D eigenvalue weighted by Crippen LogP contribution is -2.41. The standard InChI is InChI=1S/C22H29FN4O2/c1-4-7-21(28)27-19-10-5-8-17(12-19)15-26-22(24-3)25-14-16(2)29-20-11-6-9-18(23)13-20/h5-6,8-13,16H,4,7,14-15H2,1-3H3,(H,27,28)(H2,24,25,26). The first-order chi connectivity index (χ1) is 14.0. The number of aliphatic imine (C=N–C) groups is 1. The van der Waals surface area contributed by atoms with Crippen molar-refractivity contribution in [3.05, 3.63) is 59.9 Å². The van der Waals surface area contributed by atoms with Crippen LogP contribution in [0.3, 0.4) is 0 Å². The maximum atomic E-state index is 13.2. The minimum atomic E-state index is -0.326. The number of ether oxygens (including phenoxy) is 1. The van der Waals surface area contributed by atoms with E-state index in [9.17, 15) is 9.18 Å². The second-order valence-electron chi connectivity index (χ2n) is 6.69. The van der Waals surface area contributed by atoms with Crippen molar-refractivity contribution in [1.82, 2.24) is 10.6 Å². The molecule has 1 unspecified atom stereocenters. The van der Waals surface area contributed by atoms with Crippen LogP contribution in [0, 0.1) is 5.82 Å². The zero-order valence-corrected chi connectivity index (χ0v) is 17.2. The molecule has 2 aromatic rings. The number of hydrogen-bond acceptors (Lipinski definition) is 3. The molecule has 156 valence electrons. The fraction of sp³-hybridized carbons (Fsp3) is 0.364. The molecule has 0 aliphatic rings. The summed E-state index contributed by atoms with van der Waals surface area (Å²) in [5.74, 6) is 0.805. The van der Waals surface area contributed by atoms with Crippen LogP contribution in [0.1, 0.15) is 32.3 Å². The van der Waals surface area contributed by atoms with Crippen LogP contribution < -0.4 is 20.7 Å². The van der Waals surface area contributed by atoms with E-state index in [0.29, 0.717) is 31.2 Å². The van der Waals surface area contributed by atoms with Crippen molar-refractivity contribution in [2.45, 2.75) is 39.3 Å². The first kappa shape index (κ1) is 22.2. The van der Waals surface area contributed by atoms with Gasteiger partial charge in [-0.3, -0.25) is 9.79 Å². The monoisotopic (exact) mass is 400 g/mol. The number of anilines is 1. The van der Waals surface area contributed by atoms with Crippen molar-refractivity contribution >= 4 is 17.6 Å². The molecule has 0 saturated carbocycles. The van der Waals surface area contributed by atoms with Gasteiger partial charge in [-0.15, -0.1) is 0 Å². The van der Waals surface area contributed by atoms with Gasteiger partial charge in [-0.1, -0.05) is 25.1 Å². The predicted octanol–water partition coefficient (Wildman–Crippen LogP) is 3.70. The Morgan fingerprint density at radius 2 is 1.97 bits per heavy atom. The SMILES string of the molecule is CCCC(=O)Nc1cccc(CNC(=NC)NCC(C)Oc2cccc(F)c2)c1. The third-order valence-corrected chi connectivity index (χ3v) is 4.06. The van der Waals surface area contributed by atoms with Gasteiger partial charge in [0.1, 0.15) is 17.7 Å². The van der Waals surface area contributed by atoms with Gasteiger partial charge >= 0.3 is 0 Å². The largest absolute Gasteiger partial charge is 0.489 e. The molecule has 6 nitrogen and oxygen atoms in total. The zero-order chi connectivity index (χ0) is 21.1. The molecular weight excluding hydrogens is 371 g/mol. The Bertz CT molecular complexity index is 826. The van der Waals surface area contributed by atoms with Gasteiger partial charge in [0.25, 0.3) is 0 Å². The van der Waals surface area contributed by atoms with Crippen LogP contribution in [0.25, 0.3) is 0 Å². The van der Waals surface area contributed by atoms with Crippen LogP contribution in [0.4, 0.5) is 10.1 Å². The van der Waals surface area contributed by atoms with E-state index < -0.39 is 0 Å². The number of amides is 1. The molecule has 0 heterocycles. The fourth-order valence-electron chi connectivity index (χ4n) is 2.67. The third-order valence-electron chi connectivity index (χ3n) is 4.06. The second kappa shape index (κ2) is 11.7. The van der Waals surface area contributed by atoms with Crippen molar-refractivity contribution in [3.8, 4) is 5.75 Å². The highest BCUT2D eigenvalue weighted by atomic mass is 19.1. The van der Waals surface area contributed by atoms with Crippen molar-refractivity contribution in [2.24, 2.45) is 4.99 Å². The van der Waals surface area contributed by atoms with Crippen LogP contribution in [-0.4, -0.2) is 31.6 Å². The minimum Gasteiger partial charge on any atom is -0.489 e. The molecule has 2 rings (SSSR count). The number of nitrogens with one attached hydrogen (secondary N) is 3. The van der Waals surface area contributed by atoms with Gasteiger partial charge in [-0.05, 0) is 43.2 Å². The van der Waals surface area contributed by atoms with Crippen LogP contribution in [0.5, 0.6) is 5.75 Å². The molecule has 3 N–H and O–H groups in total. The predicted molar refractivity (Wildman–Crippen MR) is 115 cm³/mol. The molecule has 0 saturated heterocycles. The Hall–Kier alpha value is -3.09. The highest BCUT2D eigenvalue weighted by Gasteiger charge is 2.07. The lowest BCUT2D eigenvalue weighted by molar-refractivity contribution is -0.116. The molecule has 29 heavy (non-hydrogen) atoms. The maximum Gasteiger partial charge on any atom is 0.224 e. The van der Waals surface area contributed by atoms with E-state index in [2.05, 4.69) is 20.9 Å². The highest BCUT2D eigenvalue weighted by molar-refractivity contribution is 5.90. The fourth-order valence-corrected chi connectivity index (χ4v) is 2.67. The number of halogens is 1. The van der Waals surface area contributed by atoms with Crippen molar-refractivity contribution in [2.75, 3.05) is 18.9 Å². The lowest BCUT2D eigenvalue weighted by Gasteiger charge is -2.18. The summed E-state index contributed by atoms with van der Waals surface area (Å²) in [5, 5.41) is 9.31. The summed E-state index contributed by atoms with van der Waals surface area (Å²) in [6, 6.07) is 13.8. The normalized spacial score (nSPS) is 12.2. The number of benzene rings is 2. The molecule has 7 heteroatoms. The topological polar surface area (TPSA) is 74.8 Å². The van der Waals surface area contributed by atoms with Crippen LogP contribution in [0.2, 0.25) is 0 Å². The number of guanidine groups is 1. The molecule has 0 aliphatic carbocycles. The highest BCUT2D eigenvalue weighted by Crippen LogP contribution is 2.13. The van der Waals surface area contributed by atoms with Crippen LogP contribution >= 0.6 is 0 Å². The van der Waals surface area contributed by atoms with Gasteiger partial charge in [0, 0.05) is 31.8 Å². The number of carbonyl (C=O) groups excluding carboxylic acids is 1. The molecule has 1 atom stereocenters. The minimum absolute atomic E-state index is 0.0161. The first-order valence-electron chi connectivity index (χ1n) is 9.75. The molecule has 0 radical (unpaired) electrons. The Labute approximate surface area is 171 Å². The van der Waals surface area contributed by atoms with Gasteiger partial charge in [-0.2, -0.15) is 0 Å². The number of carbonyl (C=O) groups is 1. The second-order valence-corrected chi connectivity index (χ2v) is 6.69. The van der Waals surface area contributed by atoms with Gasteiger partial charge < -0.3 is 20.7 Å². The molecule has 0 bridgehead atoms. The van der Waals surface area contributed by atoms with E-state index in [-0.39, 0.29) is 17.8 Å². The molecule has 2 aromatic carbocycles. The maximum absolute atomic E-state index is 13.2. The average molecular weight is 400 g/mol. The van der Waals surface area contributed by atoms with Crippen molar-refractivity contribution in [3.63, 3.8) is 0 Å². The molecule has 0 aromatic heterocycles. The van der Waals surface area contributed by atoms with Crippen molar-refractivity contribution in [1.29, 1.82) is 0 Å².